The van der Waals surface area contributed by atoms with Gasteiger partial charge in [-0.2, -0.15) is 0 Å². The summed E-state index contributed by atoms with van der Waals surface area (Å²) in [5.41, 5.74) is 1.95. The fraction of sp³-hybridized carbons (Fsp3) is 0.278. The van der Waals surface area contributed by atoms with E-state index in [1.54, 1.807) is 6.07 Å². The lowest BCUT2D eigenvalue weighted by molar-refractivity contribution is 0.101. The van der Waals surface area contributed by atoms with Gasteiger partial charge in [-0.3, -0.25) is 4.79 Å². The zero-order valence-corrected chi connectivity index (χ0v) is 12.6. The Hall–Kier alpha value is -2.16. The molecular weight excluding hydrogens is 265 g/mol. The van der Waals surface area contributed by atoms with Crippen LogP contribution in [0.2, 0.25) is 0 Å². The van der Waals surface area contributed by atoms with Crippen molar-refractivity contribution in [3.05, 3.63) is 65.5 Å². The van der Waals surface area contributed by atoms with Crippen LogP contribution in [0.5, 0.6) is 0 Å². The van der Waals surface area contributed by atoms with Crippen LogP contribution in [0, 0.1) is 5.82 Å². The molecule has 2 aromatic rings. The lowest BCUT2D eigenvalue weighted by atomic mass is 10.1. The highest BCUT2D eigenvalue weighted by molar-refractivity contribution is 6.00. The van der Waals surface area contributed by atoms with Crippen LogP contribution < -0.4 is 4.90 Å². The lowest BCUT2D eigenvalue weighted by Crippen LogP contribution is -2.31. The number of nitrogens with zero attached hydrogens (tertiary/aromatic N) is 1. The molecule has 0 bridgehead atoms. The zero-order chi connectivity index (χ0) is 15.4. The molecular formula is C18H20FNO. The topological polar surface area (TPSA) is 20.3 Å². The van der Waals surface area contributed by atoms with Gasteiger partial charge in [-0.15, -0.1) is 0 Å². The number of halogens is 1. The van der Waals surface area contributed by atoms with E-state index >= 15 is 0 Å². The Kier molecular flexibility index (Phi) is 4.73. The summed E-state index contributed by atoms with van der Waals surface area (Å²) in [6, 6.07) is 14.9. The van der Waals surface area contributed by atoms with E-state index in [1.165, 1.54) is 13.0 Å². The predicted octanol–water partition coefficient (Wildman–Crippen LogP) is 4.44. The molecule has 110 valence electrons. The summed E-state index contributed by atoms with van der Waals surface area (Å²) in [5, 5.41) is 0. The molecule has 0 N–H and O–H groups in total. The molecule has 0 atom stereocenters. The van der Waals surface area contributed by atoms with Crippen LogP contribution >= 0.6 is 0 Å². The minimum Gasteiger partial charge on any atom is -0.364 e. The van der Waals surface area contributed by atoms with Crippen LogP contribution in [0.25, 0.3) is 0 Å². The Morgan fingerprint density at radius 3 is 2.33 bits per heavy atom. The number of hydrogen-bond donors (Lipinski definition) is 0. The summed E-state index contributed by atoms with van der Waals surface area (Å²) < 4.78 is 14.0. The summed E-state index contributed by atoms with van der Waals surface area (Å²) in [5.74, 6) is -0.708. The van der Waals surface area contributed by atoms with Crippen molar-refractivity contribution in [1.82, 2.24) is 0 Å². The van der Waals surface area contributed by atoms with Gasteiger partial charge < -0.3 is 4.90 Å². The van der Waals surface area contributed by atoms with Crippen LogP contribution in [-0.4, -0.2) is 11.8 Å². The van der Waals surface area contributed by atoms with Crippen LogP contribution in [0.1, 0.15) is 36.7 Å². The smallest absolute Gasteiger partial charge is 0.164 e. The monoisotopic (exact) mass is 285 g/mol. The zero-order valence-electron chi connectivity index (χ0n) is 12.6. The molecule has 0 unspecified atom stereocenters. The van der Waals surface area contributed by atoms with Crippen LogP contribution in [0.15, 0.2) is 48.5 Å². The molecule has 3 heteroatoms. The summed E-state index contributed by atoms with van der Waals surface area (Å²) in [7, 11) is 0. The van der Waals surface area contributed by atoms with Crippen molar-refractivity contribution in [2.24, 2.45) is 0 Å². The van der Waals surface area contributed by atoms with E-state index in [2.05, 4.69) is 4.90 Å². The number of Topliss-reactive ketones (excluding diaryl/α,β-unsaturated/α-hetero) is 1. The summed E-state index contributed by atoms with van der Waals surface area (Å²) >= 11 is 0. The number of carbonyl (C=O) groups excluding carboxylic acids is 1. The fourth-order valence-electron chi connectivity index (χ4n) is 2.43. The minimum absolute atomic E-state index is 0.158. The number of hydrogen-bond acceptors (Lipinski definition) is 2. The van der Waals surface area contributed by atoms with Crippen molar-refractivity contribution in [1.29, 1.82) is 0 Å². The quantitative estimate of drug-likeness (QED) is 0.757. The van der Waals surface area contributed by atoms with Crippen LogP contribution in [0.3, 0.4) is 0 Å². The van der Waals surface area contributed by atoms with Gasteiger partial charge in [0.25, 0.3) is 0 Å². The Balaban J connectivity index is 2.44. The van der Waals surface area contributed by atoms with Crippen LogP contribution in [0.4, 0.5) is 10.1 Å². The maximum Gasteiger partial charge on any atom is 0.164 e. The SMILES string of the molecule is CC(=O)c1c(F)cccc1N(Cc1ccccc1)C(C)C. The highest BCUT2D eigenvalue weighted by Gasteiger charge is 2.20. The molecule has 0 saturated heterocycles. The molecule has 0 aliphatic rings. The minimum atomic E-state index is -0.460. The van der Waals surface area contributed by atoms with Crippen molar-refractivity contribution in [3.8, 4) is 0 Å². The Bertz CT molecular complexity index is 622. The molecule has 0 spiro atoms. The molecule has 0 aliphatic heterocycles. The molecule has 0 aromatic heterocycles. The number of anilines is 1. The maximum atomic E-state index is 14.0. The first-order valence-corrected chi connectivity index (χ1v) is 7.10. The third-order valence-corrected chi connectivity index (χ3v) is 3.47. The number of carbonyl (C=O) groups is 1. The van der Waals surface area contributed by atoms with Gasteiger partial charge in [0.15, 0.2) is 5.78 Å². The largest absolute Gasteiger partial charge is 0.364 e. The van der Waals surface area contributed by atoms with Gasteiger partial charge in [0.1, 0.15) is 5.82 Å². The molecule has 0 fully saturated rings. The van der Waals surface area contributed by atoms with Crippen molar-refractivity contribution in [2.45, 2.75) is 33.4 Å². The second kappa shape index (κ2) is 6.53. The first-order valence-electron chi connectivity index (χ1n) is 7.10. The molecule has 0 saturated carbocycles. The molecule has 0 aliphatic carbocycles. The Labute approximate surface area is 125 Å². The summed E-state index contributed by atoms with van der Waals surface area (Å²) in [6.45, 7) is 6.13. The van der Waals surface area contributed by atoms with Crippen molar-refractivity contribution < 1.29 is 9.18 Å². The van der Waals surface area contributed by atoms with Gasteiger partial charge in [0, 0.05) is 12.6 Å². The molecule has 0 amide bonds. The first-order chi connectivity index (χ1) is 10.0. The Morgan fingerprint density at radius 2 is 1.76 bits per heavy atom. The molecule has 0 heterocycles. The highest BCUT2D eigenvalue weighted by atomic mass is 19.1. The van der Waals surface area contributed by atoms with Gasteiger partial charge in [0.05, 0.1) is 11.3 Å². The highest BCUT2D eigenvalue weighted by Crippen LogP contribution is 2.27. The van der Waals surface area contributed by atoms with E-state index in [4.69, 9.17) is 0 Å². The van der Waals surface area contributed by atoms with Crippen molar-refractivity contribution >= 4 is 11.5 Å². The lowest BCUT2D eigenvalue weighted by Gasteiger charge is -2.30. The van der Waals surface area contributed by atoms with Crippen molar-refractivity contribution in [3.63, 3.8) is 0 Å². The van der Waals surface area contributed by atoms with E-state index in [1.807, 2.05) is 50.2 Å². The summed E-state index contributed by atoms with van der Waals surface area (Å²) in [4.78, 5) is 13.9. The normalized spacial score (nSPS) is 10.7. The molecule has 2 aromatic carbocycles. The van der Waals surface area contributed by atoms with Gasteiger partial charge >= 0.3 is 0 Å². The van der Waals surface area contributed by atoms with E-state index in [-0.39, 0.29) is 17.4 Å². The third kappa shape index (κ3) is 3.48. The number of ketones is 1. The van der Waals surface area contributed by atoms with E-state index in [9.17, 15) is 9.18 Å². The Morgan fingerprint density at radius 1 is 1.10 bits per heavy atom. The predicted molar refractivity (Wildman–Crippen MR) is 84.2 cm³/mol. The van der Waals surface area contributed by atoms with E-state index in [0.717, 1.165) is 5.56 Å². The van der Waals surface area contributed by atoms with Gasteiger partial charge in [-0.05, 0) is 38.5 Å². The second-order valence-corrected chi connectivity index (χ2v) is 5.40. The molecule has 2 rings (SSSR count). The van der Waals surface area contributed by atoms with E-state index < -0.39 is 5.82 Å². The number of benzene rings is 2. The average molecular weight is 285 g/mol. The van der Waals surface area contributed by atoms with Gasteiger partial charge in [-0.25, -0.2) is 4.39 Å². The van der Waals surface area contributed by atoms with Gasteiger partial charge in [-0.1, -0.05) is 36.4 Å². The average Bonchev–Trinajstić information content (AvgIpc) is 2.45. The maximum absolute atomic E-state index is 14.0. The molecule has 2 nitrogen and oxygen atoms in total. The fourth-order valence-corrected chi connectivity index (χ4v) is 2.43. The summed E-state index contributed by atoms with van der Waals surface area (Å²) in [6.07, 6.45) is 0. The standard InChI is InChI=1S/C18H20FNO/c1-13(2)20(12-15-8-5-4-6-9-15)17-11-7-10-16(19)18(17)14(3)21/h4-11,13H,12H2,1-3H3. The number of rotatable bonds is 5. The molecule has 0 radical (unpaired) electrons. The van der Waals surface area contributed by atoms with Crippen LogP contribution in [-0.2, 0) is 6.54 Å². The van der Waals surface area contributed by atoms with Gasteiger partial charge in [0.2, 0.25) is 0 Å². The molecule has 21 heavy (non-hydrogen) atoms. The first kappa shape index (κ1) is 15.2. The second-order valence-electron chi connectivity index (χ2n) is 5.40. The van der Waals surface area contributed by atoms with Crippen molar-refractivity contribution in [2.75, 3.05) is 4.90 Å². The third-order valence-electron chi connectivity index (χ3n) is 3.47. The van der Waals surface area contributed by atoms with E-state index in [0.29, 0.717) is 12.2 Å².